The Labute approximate surface area is 503 Å². The molecule has 2 aromatic carbocycles. The lowest BCUT2D eigenvalue weighted by Gasteiger charge is -2.47. The number of hydrogen-bond donors (Lipinski definition) is 1. The standard InChI is InChI=1S/C45H65NO6.C24H45ClO3.ClH/c47-42(48)29-21-13-11-9-7-5-3-1-2-4-6-8-10-12-14-22-30-43(49)52-45(37-25-17-15-18-26-37,38-27-19-16-20-28-38)44(50)51-41-35-39-31-32-40(36-41)46(39)33-23-24-34-46;1-24(2,3)28-23(27)21-19-17-15-13-11-9-7-5-4-6-8-10-12-14-16-18-20-22(25)26;/h15-20,25-28,39-41H,1-14,21-24,29-36H2;4-21H2,1-3H3;1H. The van der Waals surface area contributed by atoms with Crippen LogP contribution in [0.3, 0.4) is 0 Å². The van der Waals surface area contributed by atoms with Crippen molar-refractivity contribution in [3.63, 3.8) is 0 Å². The van der Waals surface area contributed by atoms with Gasteiger partial charge < -0.3 is 36.2 Å². The number of aliphatic carboxylic acids is 1. The molecule has 3 heterocycles. The molecule has 10 nitrogen and oxygen atoms in total. The molecule has 460 valence electrons. The van der Waals surface area contributed by atoms with E-state index in [1.165, 1.54) is 185 Å². The monoisotopic (exact) mass is 1170 g/mol. The van der Waals surface area contributed by atoms with E-state index in [1.807, 2.05) is 81.4 Å². The molecule has 2 aromatic rings. The Morgan fingerprint density at radius 2 is 0.778 bits per heavy atom. The number of rotatable bonds is 43. The summed E-state index contributed by atoms with van der Waals surface area (Å²) in [6.45, 7) is 8.30. The number of quaternary nitrogens is 1. The topological polar surface area (TPSA) is 133 Å². The fourth-order valence-corrected chi connectivity index (χ4v) is 13.2. The highest BCUT2D eigenvalue weighted by Crippen LogP contribution is 2.47. The van der Waals surface area contributed by atoms with Crippen LogP contribution in [0.15, 0.2) is 60.7 Å². The second-order valence-electron chi connectivity index (χ2n) is 25.2. The Hall–Kier alpha value is -3.47. The molecule has 0 saturated carbocycles. The number of nitrogens with zero attached hydrogens (tertiary/aromatic N) is 1. The molecule has 3 fully saturated rings. The molecule has 12 heteroatoms. The van der Waals surface area contributed by atoms with Crippen molar-refractivity contribution in [3.05, 3.63) is 71.8 Å². The summed E-state index contributed by atoms with van der Waals surface area (Å²) >= 11 is 5.32. The SMILES string of the molecule is CC(C)(C)OC(=O)CCCCCCCCCCCCCCCCCCC(=O)Cl.O=C(O)CCCCCCCCCCCCCCCCCCC(=O)OC(C(=O)OC1CC2CCC(C1)[N+]21CCCC1)(c1ccccc1)c1ccccc1.[Cl-]. The third-order valence-corrected chi connectivity index (χ3v) is 17.6. The summed E-state index contributed by atoms with van der Waals surface area (Å²) in [6.07, 6.45) is 47.0. The molecule has 2 atom stereocenters. The number of hydrogen-bond acceptors (Lipinski definition) is 8. The lowest BCUT2D eigenvalue weighted by atomic mass is 9.85. The third-order valence-electron chi connectivity index (χ3n) is 17.4. The van der Waals surface area contributed by atoms with Gasteiger partial charge in [0.25, 0.3) is 5.60 Å². The van der Waals surface area contributed by atoms with Crippen molar-refractivity contribution in [2.75, 3.05) is 13.1 Å². The predicted molar refractivity (Wildman–Crippen MR) is 325 cm³/mol. The van der Waals surface area contributed by atoms with Crippen LogP contribution < -0.4 is 12.4 Å². The molecular weight excluding hydrogens is 1060 g/mol. The highest BCUT2D eigenvalue weighted by Gasteiger charge is 2.57. The summed E-state index contributed by atoms with van der Waals surface area (Å²) in [5.74, 6) is -1.56. The molecule has 3 aliphatic rings. The molecule has 2 unspecified atom stereocenters. The van der Waals surface area contributed by atoms with Gasteiger partial charge in [0.1, 0.15) is 11.7 Å². The van der Waals surface area contributed by atoms with Gasteiger partial charge in [0, 0.05) is 75.3 Å². The number of carboxylic acid groups (broad SMARTS) is 1. The van der Waals surface area contributed by atoms with E-state index in [2.05, 4.69) is 0 Å². The van der Waals surface area contributed by atoms with E-state index in [4.69, 9.17) is 30.9 Å². The highest BCUT2D eigenvalue weighted by atomic mass is 35.5. The molecule has 3 aliphatic heterocycles. The predicted octanol–water partition coefficient (Wildman–Crippen LogP) is 15.5. The van der Waals surface area contributed by atoms with Crippen molar-refractivity contribution in [2.45, 2.75) is 320 Å². The van der Waals surface area contributed by atoms with E-state index < -0.39 is 17.5 Å². The zero-order valence-electron chi connectivity index (χ0n) is 51.0. The van der Waals surface area contributed by atoms with Crippen LogP contribution >= 0.6 is 11.6 Å². The lowest BCUT2D eigenvalue weighted by Crippen LogP contribution is -3.00. The first-order valence-electron chi connectivity index (χ1n) is 32.8. The minimum absolute atomic E-state index is 0. The molecule has 5 rings (SSSR count). The summed E-state index contributed by atoms with van der Waals surface area (Å²) in [7, 11) is 0. The van der Waals surface area contributed by atoms with Crippen molar-refractivity contribution in [1.82, 2.24) is 0 Å². The zero-order valence-corrected chi connectivity index (χ0v) is 52.5. The molecule has 0 aromatic heterocycles. The first kappa shape index (κ1) is 71.8. The second kappa shape index (κ2) is 42.4. The van der Waals surface area contributed by atoms with Crippen LogP contribution in [-0.2, 0) is 43.8 Å². The highest BCUT2D eigenvalue weighted by molar-refractivity contribution is 6.63. The minimum atomic E-state index is -1.64. The minimum Gasteiger partial charge on any atom is -1.00 e. The smallest absolute Gasteiger partial charge is 0.360 e. The van der Waals surface area contributed by atoms with Gasteiger partial charge in [-0.25, -0.2) is 4.79 Å². The van der Waals surface area contributed by atoms with Gasteiger partial charge >= 0.3 is 23.9 Å². The van der Waals surface area contributed by atoms with E-state index in [0.29, 0.717) is 42.5 Å². The van der Waals surface area contributed by atoms with Crippen LogP contribution in [0, 0.1) is 0 Å². The molecule has 1 spiro atoms. The molecule has 2 bridgehead atoms. The van der Waals surface area contributed by atoms with E-state index >= 15 is 0 Å². The Morgan fingerprint density at radius 1 is 0.469 bits per heavy atom. The summed E-state index contributed by atoms with van der Waals surface area (Å²) in [5.41, 5.74) is -0.735. The Bertz CT molecular complexity index is 1930. The van der Waals surface area contributed by atoms with Gasteiger partial charge in [0.05, 0.1) is 25.2 Å². The Balaban J connectivity index is 0.000000506. The largest absolute Gasteiger partial charge is 1.00 e. The summed E-state index contributed by atoms with van der Waals surface area (Å²) in [5, 5.41) is 8.51. The van der Waals surface area contributed by atoms with Crippen LogP contribution in [0.5, 0.6) is 0 Å². The average Bonchev–Trinajstić information content (AvgIpc) is 4.17. The molecule has 81 heavy (non-hydrogen) atoms. The van der Waals surface area contributed by atoms with Crippen molar-refractivity contribution in [2.24, 2.45) is 0 Å². The number of piperidine rings is 1. The number of carboxylic acids is 1. The number of halogens is 2. The summed E-state index contributed by atoms with van der Waals surface area (Å²) in [6, 6.07) is 20.1. The maximum atomic E-state index is 14.5. The van der Waals surface area contributed by atoms with Crippen molar-refractivity contribution < 1.29 is 60.2 Å². The van der Waals surface area contributed by atoms with E-state index in [-0.39, 0.29) is 47.7 Å². The van der Waals surface area contributed by atoms with Gasteiger partial charge in [-0.1, -0.05) is 240 Å². The normalized spacial score (nSPS) is 17.2. The van der Waals surface area contributed by atoms with Crippen LogP contribution in [0.25, 0.3) is 0 Å². The number of carbonyl (C=O) groups is 5. The quantitative estimate of drug-likeness (QED) is 0.0226. The van der Waals surface area contributed by atoms with Gasteiger partial charge in [0.2, 0.25) is 5.24 Å². The number of esters is 3. The third kappa shape index (κ3) is 29.3. The van der Waals surface area contributed by atoms with Crippen molar-refractivity contribution >= 4 is 40.7 Å². The molecule has 0 aliphatic carbocycles. The van der Waals surface area contributed by atoms with Crippen molar-refractivity contribution in [1.29, 1.82) is 0 Å². The van der Waals surface area contributed by atoms with Crippen LogP contribution in [0.4, 0.5) is 0 Å². The number of ether oxygens (including phenoxy) is 3. The fraction of sp³-hybridized carbons (Fsp3) is 0.754. The average molecular weight is 1170 g/mol. The van der Waals surface area contributed by atoms with Gasteiger partial charge in [-0.15, -0.1) is 0 Å². The van der Waals surface area contributed by atoms with Gasteiger partial charge in [0.15, 0.2) is 0 Å². The fourth-order valence-electron chi connectivity index (χ4n) is 13.1. The van der Waals surface area contributed by atoms with Gasteiger partial charge in [-0.2, -0.15) is 0 Å². The summed E-state index contributed by atoms with van der Waals surface area (Å²) in [4.78, 5) is 61.0. The number of unbranched alkanes of at least 4 members (excludes halogenated alkanes) is 30. The van der Waals surface area contributed by atoms with E-state index in [9.17, 15) is 24.0 Å². The molecule has 1 N–H and O–H groups in total. The van der Waals surface area contributed by atoms with Gasteiger partial charge in [-0.3, -0.25) is 19.2 Å². The maximum absolute atomic E-state index is 14.5. The first-order chi connectivity index (χ1) is 38.7. The number of carbonyl (C=O) groups excluding carboxylic acids is 4. The number of benzene rings is 2. The van der Waals surface area contributed by atoms with Crippen LogP contribution in [0.1, 0.15) is 302 Å². The maximum Gasteiger partial charge on any atom is 0.360 e. The summed E-state index contributed by atoms with van der Waals surface area (Å²) < 4.78 is 19.4. The van der Waals surface area contributed by atoms with Crippen LogP contribution in [0.2, 0.25) is 0 Å². The lowest BCUT2D eigenvalue weighted by molar-refractivity contribution is -0.956. The molecule has 0 amide bonds. The van der Waals surface area contributed by atoms with E-state index in [1.54, 1.807) is 0 Å². The molecule has 0 radical (unpaired) electrons. The van der Waals surface area contributed by atoms with Crippen molar-refractivity contribution in [3.8, 4) is 0 Å². The first-order valence-corrected chi connectivity index (χ1v) is 33.2. The second-order valence-corrected chi connectivity index (χ2v) is 25.6. The Morgan fingerprint density at radius 3 is 1.10 bits per heavy atom. The Kier molecular flexibility index (Phi) is 37.5. The van der Waals surface area contributed by atoms with E-state index in [0.717, 1.165) is 77.0 Å². The van der Waals surface area contributed by atoms with Gasteiger partial charge in [-0.05, 0) is 58.1 Å². The van der Waals surface area contributed by atoms with Crippen LogP contribution in [-0.4, -0.2) is 75.6 Å². The molecule has 3 saturated heterocycles. The molecular formula is C69H111Cl2NO9. The zero-order chi connectivity index (χ0) is 57.6.